The second kappa shape index (κ2) is 11.7. The second-order valence-electron chi connectivity index (χ2n) is 10.5. The molecule has 3 unspecified atom stereocenters. The average Bonchev–Trinajstić information content (AvgIpc) is 2.89. The summed E-state index contributed by atoms with van der Waals surface area (Å²) in [6.45, 7) is 7.37. The quantitative estimate of drug-likeness (QED) is 0.512. The molecule has 4 nitrogen and oxygen atoms in total. The third-order valence-corrected chi connectivity index (χ3v) is 8.05. The third kappa shape index (κ3) is 5.78. The second-order valence-corrected chi connectivity index (χ2v) is 10.5. The number of likely N-dealkylation sites (tertiary alicyclic amines) is 1. The highest BCUT2D eigenvalue weighted by Gasteiger charge is 2.42. The fourth-order valence-corrected chi connectivity index (χ4v) is 6.13. The van der Waals surface area contributed by atoms with Crippen molar-refractivity contribution in [1.82, 2.24) is 10.2 Å². The molecule has 0 aliphatic carbocycles. The van der Waals surface area contributed by atoms with Gasteiger partial charge in [-0.25, -0.2) is 4.39 Å². The van der Waals surface area contributed by atoms with Crippen LogP contribution in [0.1, 0.15) is 69.9 Å². The Morgan fingerprint density at radius 3 is 2.74 bits per heavy atom. The Hall–Kier alpha value is -2.24. The SMILES string of the molecule is CCCC(O)(c1cccc(F)c1-c1cccc(CC)c1)C1CCCN(C(=O)CC2CCCNC2)C1. The Morgan fingerprint density at radius 1 is 1.17 bits per heavy atom. The zero-order valence-electron chi connectivity index (χ0n) is 21.4. The molecule has 0 bridgehead atoms. The van der Waals surface area contributed by atoms with Crippen molar-refractivity contribution in [3.63, 3.8) is 0 Å². The molecule has 5 heteroatoms. The van der Waals surface area contributed by atoms with Crippen molar-refractivity contribution < 1.29 is 14.3 Å². The molecule has 2 aromatic carbocycles. The first kappa shape index (κ1) is 25.8. The van der Waals surface area contributed by atoms with Crippen LogP contribution >= 0.6 is 0 Å². The van der Waals surface area contributed by atoms with Gasteiger partial charge in [-0.1, -0.05) is 56.7 Å². The summed E-state index contributed by atoms with van der Waals surface area (Å²) in [6, 6.07) is 13.1. The van der Waals surface area contributed by atoms with Crippen molar-refractivity contribution in [2.45, 2.75) is 70.8 Å². The minimum atomic E-state index is -1.19. The third-order valence-electron chi connectivity index (χ3n) is 8.05. The Balaban J connectivity index is 1.64. The van der Waals surface area contributed by atoms with Gasteiger partial charge in [-0.15, -0.1) is 0 Å². The van der Waals surface area contributed by atoms with E-state index >= 15 is 4.39 Å². The summed E-state index contributed by atoms with van der Waals surface area (Å²) in [5, 5.41) is 15.7. The lowest BCUT2D eigenvalue weighted by Crippen LogP contribution is -2.49. The van der Waals surface area contributed by atoms with Crippen LogP contribution in [0.25, 0.3) is 11.1 Å². The van der Waals surface area contributed by atoms with Crippen LogP contribution in [0.3, 0.4) is 0 Å². The van der Waals surface area contributed by atoms with E-state index in [9.17, 15) is 9.90 Å². The van der Waals surface area contributed by atoms with Gasteiger partial charge in [-0.05, 0) is 80.3 Å². The number of rotatable bonds is 8. The highest BCUT2D eigenvalue weighted by atomic mass is 19.1. The van der Waals surface area contributed by atoms with Gasteiger partial charge in [0, 0.05) is 31.0 Å². The van der Waals surface area contributed by atoms with Crippen molar-refractivity contribution in [2.24, 2.45) is 11.8 Å². The van der Waals surface area contributed by atoms with Crippen LogP contribution in [0.5, 0.6) is 0 Å². The lowest BCUT2D eigenvalue weighted by molar-refractivity contribution is -0.137. The van der Waals surface area contributed by atoms with E-state index in [0.717, 1.165) is 69.3 Å². The summed E-state index contributed by atoms with van der Waals surface area (Å²) in [7, 11) is 0. The first-order valence-corrected chi connectivity index (χ1v) is 13.6. The molecule has 0 radical (unpaired) electrons. The molecule has 190 valence electrons. The molecule has 2 aliphatic heterocycles. The maximum Gasteiger partial charge on any atom is 0.222 e. The van der Waals surface area contributed by atoms with Gasteiger partial charge in [-0.3, -0.25) is 4.79 Å². The van der Waals surface area contributed by atoms with Gasteiger partial charge in [0.05, 0.1) is 5.60 Å². The number of hydrogen-bond acceptors (Lipinski definition) is 3. The van der Waals surface area contributed by atoms with Crippen LogP contribution in [0.15, 0.2) is 42.5 Å². The van der Waals surface area contributed by atoms with Crippen molar-refractivity contribution in [3.8, 4) is 11.1 Å². The number of halogens is 1. The summed E-state index contributed by atoms with van der Waals surface area (Å²) in [5.74, 6) is 0.155. The van der Waals surface area contributed by atoms with Gasteiger partial charge in [0.1, 0.15) is 5.82 Å². The molecule has 3 atom stereocenters. The van der Waals surface area contributed by atoms with Gasteiger partial charge in [-0.2, -0.15) is 0 Å². The van der Waals surface area contributed by atoms with Crippen LogP contribution in [0, 0.1) is 17.7 Å². The number of hydrogen-bond donors (Lipinski definition) is 2. The number of amides is 1. The number of aliphatic hydroxyl groups is 1. The molecule has 2 fully saturated rings. The smallest absolute Gasteiger partial charge is 0.222 e. The molecule has 0 spiro atoms. The molecule has 0 aromatic heterocycles. The minimum absolute atomic E-state index is 0.125. The number of carbonyl (C=O) groups excluding carboxylic acids is 1. The molecule has 1 amide bonds. The number of nitrogens with one attached hydrogen (secondary N) is 1. The molecule has 2 N–H and O–H groups in total. The van der Waals surface area contributed by atoms with E-state index in [1.165, 1.54) is 6.07 Å². The number of piperidine rings is 2. The van der Waals surface area contributed by atoms with Gasteiger partial charge in [0.25, 0.3) is 0 Å². The predicted molar refractivity (Wildman–Crippen MR) is 140 cm³/mol. The molecule has 2 heterocycles. The average molecular weight is 481 g/mol. The normalized spacial score (nSPS) is 22.6. The van der Waals surface area contributed by atoms with E-state index in [2.05, 4.69) is 25.2 Å². The summed E-state index contributed by atoms with van der Waals surface area (Å²) >= 11 is 0. The predicted octanol–water partition coefficient (Wildman–Crippen LogP) is 5.67. The van der Waals surface area contributed by atoms with E-state index in [1.807, 2.05) is 29.2 Å². The summed E-state index contributed by atoms with van der Waals surface area (Å²) in [6.07, 6.45) is 6.67. The topological polar surface area (TPSA) is 52.6 Å². The van der Waals surface area contributed by atoms with E-state index in [1.54, 1.807) is 6.07 Å². The van der Waals surface area contributed by atoms with E-state index in [-0.39, 0.29) is 17.6 Å². The summed E-state index contributed by atoms with van der Waals surface area (Å²) in [4.78, 5) is 15.2. The standard InChI is InChI=1S/C30H41FN2O2/c1-3-15-30(35,25-12-8-17-33(21-25)28(34)19-23-10-7-16-32-20-23)26-13-6-14-27(31)29(26)24-11-5-9-22(4-2)18-24/h5-6,9,11,13-14,18,23,25,32,35H,3-4,7-8,10,12,15-17,19-21H2,1-2H3. The fraction of sp³-hybridized carbons (Fsp3) is 0.567. The van der Waals surface area contributed by atoms with Gasteiger partial charge in [0.2, 0.25) is 5.91 Å². The van der Waals surface area contributed by atoms with Crippen LogP contribution in [-0.4, -0.2) is 42.1 Å². The molecule has 35 heavy (non-hydrogen) atoms. The van der Waals surface area contributed by atoms with Gasteiger partial charge >= 0.3 is 0 Å². The zero-order chi connectivity index (χ0) is 24.8. The van der Waals surface area contributed by atoms with E-state index in [0.29, 0.717) is 36.4 Å². The van der Waals surface area contributed by atoms with Gasteiger partial charge < -0.3 is 15.3 Å². The van der Waals surface area contributed by atoms with E-state index in [4.69, 9.17) is 0 Å². The molecular formula is C30H41FN2O2. The molecule has 4 rings (SSSR count). The largest absolute Gasteiger partial charge is 0.385 e. The molecule has 0 saturated carbocycles. The number of aryl methyl sites for hydroxylation is 1. The Labute approximate surface area is 209 Å². The first-order valence-electron chi connectivity index (χ1n) is 13.6. The maximum absolute atomic E-state index is 15.4. The molecular weight excluding hydrogens is 439 g/mol. The number of nitrogens with zero attached hydrogens (tertiary/aromatic N) is 1. The Bertz CT molecular complexity index is 1000. The highest BCUT2D eigenvalue weighted by Crippen LogP contribution is 2.44. The summed E-state index contributed by atoms with van der Waals surface area (Å²) < 4.78 is 15.4. The zero-order valence-corrected chi connectivity index (χ0v) is 21.4. The van der Waals surface area contributed by atoms with Gasteiger partial charge in [0.15, 0.2) is 0 Å². The van der Waals surface area contributed by atoms with Crippen molar-refractivity contribution in [2.75, 3.05) is 26.2 Å². The Kier molecular flexibility index (Phi) is 8.61. The maximum atomic E-state index is 15.4. The number of benzene rings is 2. The lowest BCUT2D eigenvalue weighted by atomic mass is 9.72. The highest BCUT2D eigenvalue weighted by molar-refractivity contribution is 5.76. The van der Waals surface area contributed by atoms with Crippen molar-refractivity contribution in [1.29, 1.82) is 0 Å². The summed E-state index contributed by atoms with van der Waals surface area (Å²) in [5.41, 5.74) is 1.90. The molecule has 2 saturated heterocycles. The minimum Gasteiger partial charge on any atom is -0.385 e. The number of carbonyl (C=O) groups is 1. The Morgan fingerprint density at radius 2 is 2.00 bits per heavy atom. The van der Waals surface area contributed by atoms with Crippen LogP contribution in [-0.2, 0) is 16.8 Å². The first-order chi connectivity index (χ1) is 17.0. The van der Waals surface area contributed by atoms with Crippen LogP contribution in [0.4, 0.5) is 4.39 Å². The lowest BCUT2D eigenvalue weighted by Gasteiger charge is -2.44. The molecule has 2 aromatic rings. The van der Waals surface area contributed by atoms with E-state index < -0.39 is 5.60 Å². The van der Waals surface area contributed by atoms with Crippen LogP contribution in [0.2, 0.25) is 0 Å². The molecule has 2 aliphatic rings. The van der Waals surface area contributed by atoms with Crippen molar-refractivity contribution >= 4 is 5.91 Å². The monoisotopic (exact) mass is 480 g/mol. The fourth-order valence-electron chi connectivity index (χ4n) is 6.13. The van der Waals surface area contributed by atoms with Crippen molar-refractivity contribution in [3.05, 3.63) is 59.4 Å². The van der Waals surface area contributed by atoms with Crippen LogP contribution < -0.4 is 5.32 Å².